The lowest BCUT2D eigenvalue weighted by molar-refractivity contribution is 0.0698. The van der Waals surface area contributed by atoms with E-state index >= 15 is 0 Å². The van der Waals surface area contributed by atoms with Gasteiger partial charge in [0.1, 0.15) is 5.75 Å². The van der Waals surface area contributed by atoms with Crippen molar-refractivity contribution in [2.24, 2.45) is 0 Å². The maximum Gasteiger partial charge on any atom is 0.337 e. The Labute approximate surface area is 136 Å². The summed E-state index contributed by atoms with van der Waals surface area (Å²) in [6.45, 7) is 2.42. The van der Waals surface area contributed by atoms with Crippen LogP contribution in [0.1, 0.15) is 27.6 Å². The SMILES string of the molecule is CCOc1ccc(C(=O)Nc2c(Br)cccc2C(=O)O)cc1. The van der Waals surface area contributed by atoms with Crippen molar-refractivity contribution in [2.75, 3.05) is 11.9 Å². The number of carbonyl (C=O) groups excluding carboxylic acids is 1. The summed E-state index contributed by atoms with van der Waals surface area (Å²) in [6.07, 6.45) is 0. The molecule has 6 heteroatoms. The van der Waals surface area contributed by atoms with Gasteiger partial charge in [0.2, 0.25) is 0 Å². The number of aromatic carboxylic acids is 1. The van der Waals surface area contributed by atoms with Gasteiger partial charge in [-0.15, -0.1) is 0 Å². The van der Waals surface area contributed by atoms with Crippen molar-refractivity contribution >= 4 is 33.5 Å². The van der Waals surface area contributed by atoms with Crippen LogP contribution in [-0.4, -0.2) is 23.6 Å². The molecule has 0 spiro atoms. The predicted molar refractivity (Wildman–Crippen MR) is 86.7 cm³/mol. The number of carbonyl (C=O) groups is 2. The number of halogens is 1. The molecule has 0 heterocycles. The Hall–Kier alpha value is -2.34. The van der Waals surface area contributed by atoms with Gasteiger partial charge >= 0.3 is 5.97 Å². The number of hydrogen-bond acceptors (Lipinski definition) is 3. The van der Waals surface area contributed by atoms with Crippen molar-refractivity contribution in [2.45, 2.75) is 6.92 Å². The van der Waals surface area contributed by atoms with Crippen molar-refractivity contribution in [3.63, 3.8) is 0 Å². The Morgan fingerprint density at radius 3 is 2.45 bits per heavy atom. The van der Waals surface area contributed by atoms with Crippen LogP contribution in [0.25, 0.3) is 0 Å². The van der Waals surface area contributed by atoms with Crippen LogP contribution in [0.5, 0.6) is 5.75 Å². The Morgan fingerprint density at radius 1 is 1.18 bits per heavy atom. The van der Waals surface area contributed by atoms with E-state index in [9.17, 15) is 14.7 Å². The quantitative estimate of drug-likeness (QED) is 0.846. The molecule has 0 radical (unpaired) electrons. The van der Waals surface area contributed by atoms with Gasteiger partial charge in [0.25, 0.3) is 5.91 Å². The van der Waals surface area contributed by atoms with Crippen LogP contribution in [-0.2, 0) is 0 Å². The molecule has 2 N–H and O–H groups in total. The summed E-state index contributed by atoms with van der Waals surface area (Å²) >= 11 is 3.25. The normalized spacial score (nSPS) is 10.1. The van der Waals surface area contributed by atoms with Crippen LogP contribution < -0.4 is 10.1 Å². The van der Waals surface area contributed by atoms with Gasteiger partial charge in [0, 0.05) is 10.0 Å². The fraction of sp³-hybridized carbons (Fsp3) is 0.125. The molecule has 2 rings (SSSR count). The fourth-order valence-corrected chi connectivity index (χ4v) is 2.35. The second-order valence-corrected chi connectivity index (χ2v) is 5.23. The van der Waals surface area contributed by atoms with Crippen molar-refractivity contribution in [1.29, 1.82) is 0 Å². The van der Waals surface area contributed by atoms with Crippen LogP contribution in [0.3, 0.4) is 0 Å². The lowest BCUT2D eigenvalue weighted by atomic mass is 10.1. The van der Waals surface area contributed by atoms with Crippen LogP contribution in [0.2, 0.25) is 0 Å². The zero-order chi connectivity index (χ0) is 16.1. The lowest BCUT2D eigenvalue weighted by Gasteiger charge is -2.11. The number of anilines is 1. The van der Waals surface area contributed by atoms with E-state index in [1.54, 1.807) is 36.4 Å². The minimum atomic E-state index is -1.11. The molecule has 2 aromatic carbocycles. The zero-order valence-corrected chi connectivity index (χ0v) is 13.4. The maximum atomic E-state index is 12.2. The van der Waals surface area contributed by atoms with Gasteiger partial charge in [-0.1, -0.05) is 6.07 Å². The average molecular weight is 364 g/mol. The summed E-state index contributed by atoms with van der Waals surface area (Å²) in [4.78, 5) is 23.5. The number of hydrogen-bond donors (Lipinski definition) is 2. The van der Waals surface area contributed by atoms with Gasteiger partial charge in [-0.2, -0.15) is 0 Å². The summed E-state index contributed by atoms with van der Waals surface area (Å²) in [5.41, 5.74) is 0.665. The summed E-state index contributed by atoms with van der Waals surface area (Å²) < 4.78 is 5.82. The second-order valence-electron chi connectivity index (χ2n) is 4.38. The van der Waals surface area contributed by atoms with Gasteiger partial charge in [0.05, 0.1) is 17.9 Å². The number of carboxylic acids is 1. The number of amides is 1. The lowest BCUT2D eigenvalue weighted by Crippen LogP contribution is -2.15. The third-order valence-corrected chi connectivity index (χ3v) is 3.57. The first-order valence-corrected chi connectivity index (χ1v) is 7.38. The van der Waals surface area contributed by atoms with Crippen LogP contribution in [0.4, 0.5) is 5.69 Å². The smallest absolute Gasteiger partial charge is 0.337 e. The number of nitrogens with one attached hydrogen (secondary N) is 1. The van der Waals surface area contributed by atoms with Gasteiger partial charge in [-0.05, 0) is 59.3 Å². The molecule has 0 aromatic heterocycles. The Bertz CT molecular complexity index is 698. The van der Waals surface area contributed by atoms with E-state index < -0.39 is 11.9 Å². The summed E-state index contributed by atoms with van der Waals surface area (Å²) in [5.74, 6) is -0.827. The Balaban J connectivity index is 2.24. The first-order chi connectivity index (χ1) is 10.5. The van der Waals surface area contributed by atoms with E-state index in [-0.39, 0.29) is 11.3 Å². The molecule has 0 saturated heterocycles. The molecule has 114 valence electrons. The Morgan fingerprint density at radius 2 is 1.86 bits per heavy atom. The molecule has 0 aliphatic carbocycles. The molecular formula is C16H14BrNO4. The molecular weight excluding hydrogens is 350 g/mol. The number of benzene rings is 2. The van der Waals surface area contributed by atoms with Gasteiger partial charge in [-0.3, -0.25) is 4.79 Å². The summed E-state index contributed by atoms with van der Waals surface area (Å²) in [5, 5.41) is 11.8. The number of ether oxygens (including phenoxy) is 1. The number of carboxylic acid groups (broad SMARTS) is 1. The van der Waals surface area contributed by atoms with Crippen LogP contribution in [0.15, 0.2) is 46.9 Å². The molecule has 0 unspecified atom stereocenters. The van der Waals surface area contributed by atoms with Crippen LogP contribution in [0, 0.1) is 0 Å². The highest BCUT2D eigenvalue weighted by Crippen LogP contribution is 2.27. The van der Waals surface area contributed by atoms with E-state index in [2.05, 4.69) is 21.2 Å². The second kappa shape index (κ2) is 7.09. The minimum Gasteiger partial charge on any atom is -0.494 e. The first-order valence-electron chi connectivity index (χ1n) is 6.59. The topological polar surface area (TPSA) is 75.6 Å². The van der Waals surface area contributed by atoms with E-state index in [4.69, 9.17) is 4.74 Å². The number of rotatable bonds is 5. The molecule has 0 saturated carbocycles. The first kappa shape index (κ1) is 16.0. The third kappa shape index (κ3) is 3.65. The molecule has 0 aliphatic heterocycles. The van der Waals surface area contributed by atoms with Gasteiger partial charge in [-0.25, -0.2) is 4.79 Å². The molecule has 5 nitrogen and oxygen atoms in total. The molecule has 0 bridgehead atoms. The van der Waals surface area contributed by atoms with E-state index in [0.717, 1.165) is 0 Å². The zero-order valence-electron chi connectivity index (χ0n) is 11.8. The van der Waals surface area contributed by atoms with E-state index in [0.29, 0.717) is 22.4 Å². The highest BCUT2D eigenvalue weighted by atomic mass is 79.9. The predicted octanol–water partition coefficient (Wildman–Crippen LogP) is 3.80. The third-order valence-electron chi connectivity index (χ3n) is 2.91. The standard InChI is InChI=1S/C16H14BrNO4/c1-2-22-11-8-6-10(7-9-11)15(19)18-14-12(16(20)21)4-3-5-13(14)17/h3-9H,2H2,1H3,(H,18,19)(H,20,21). The molecule has 0 fully saturated rings. The largest absolute Gasteiger partial charge is 0.494 e. The fourth-order valence-electron chi connectivity index (χ4n) is 1.88. The highest BCUT2D eigenvalue weighted by Gasteiger charge is 2.16. The maximum absolute atomic E-state index is 12.2. The van der Waals surface area contributed by atoms with Gasteiger partial charge in [0.15, 0.2) is 0 Å². The van der Waals surface area contributed by atoms with Crippen molar-refractivity contribution in [3.05, 3.63) is 58.1 Å². The summed E-state index contributed by atoms with van der Waals surface area (Å²) in [6, 6.07) is 11.3. The summed E-state index contributed by atoms with van der Waals surface area (Å²) in [7, 11) is 0. The number of para-hydroxylation sites is 1. The molecule has 0 atom stereocenters. The van der Waals surface area contributed by atoms with Gasteiger partial charge < -0.3 is 15.2 Å². The van der Waals surface area contributed by atoms with Crippen molar-refractivity contribution < 1.29 is 19.4 Å². The van der Waals surface area contributed by atoms with Crippen molar-refractivity contribution in [1.82, 2.24) is 0 Å². The molecule has 2 aromatic rings. The average Bonchev–Trinajstić information content (AvgIpc) is 2.50. The monoisotopic (exact) mass is 363 g/mol. The molecule has 1 amide bonds. The van der Waals surface area contributed by atoms with E-state index in [1.807, 2.05) is 6.92 Å². The van der Waals surface area contributed by atoms with Crippen LogP contribution >= 0.6 is 15.9 Å². The minimum absolute atomic E-state index is 0.0219. The molecule has 0 aliphatic rings. The van der Waals surface area contributed by atoms with Crippen molar-refractivity contribution in [3.8, 4) is 5.75 Å². The highest BCUT2D eigenvalue weighted by molar-refractivity contribution is 9.10. The van der Waals surface area contributed by atoms with E-state index in [1.165, 1.54) is 6.07 Å². The molecule has 22 heavy (non-hydrogen) atoms. The Kier molecular flexibility index (Phi) is 5.16.